The van der Waals surface area contributed by atoms with Gasteiger partial charge in [0.2, 0.25) is 0 Å². The van der Waals surface area contributed by atoms with Crippen LogP contribution >= 0.6 is 0 Å². The molecular formula is C14H20O2. The molecule has 1 aliphatic rings. The van der Waals surface area contributed by atoms with Gasteiger partial charge in [-0.15, -0.1) is 0 Å². The Bertz CT molecular complexity index is 318. The topological polar surface area (TPSA) is 18.5 Å². The summed E-state index contributed by atoms with van der Waals surface area (Å²) in [5, 5.41) is 0. The zero-order chi connectivity index (χ0) is 11.4. The predicted octanol–water partition coefficient (Wildman–Crippen LogP) is 3.23. The Morgan fingerprint density at radius 3 is 2.50 bits per heavy atom. The average Bonchev–Trinajstić information content (AvgIpc) is 2.78. The van der Waals surface area contributed by atoms with Gasteiger partial charge in [0.25, 0.3) is 0 Å². The van der Waals surface area contributed by atoms with Crippen molar-refractivity contribution in [1.29, 1.82) is 0 Å². The van der Waals surface area contributed by atoms with Gasteiger partial charge in [-0.2, -0.15) is 0 Å². The van der Waals surface area contributed by atoms with Crippen molar-refractivity contribution >= 4 is 0 Å². The van der Waals surface area contributed by atoms with Crippen LogP contribution in [0.15, 0.2) is 24.3 Å². The molecule has 16 heavy (non-hydrogen) atoms. The van der Waals surface area contributed by atoms with Crippen LogP contribution in [0.25, 0.3) is 0 Å². The van der Waals surface area contributed by atoms with Crippen LogP contribution in [-0.4, -0.2) is 20.8 Å². The molecule has 0 aromatic heterocycles. The van der Waals surface area contributed by atoms with Crippen molar-refractivity contribution < 1.29 is 9.47 Å². The molecule has 88 valence electrons. The minimum atomic E-state index is 0.672. The third kappa shape index (κ3) is 2.38. The Morgan fingerprint density at radius 1 is 1.12 bits per heavy atom. The minimum Gasteiger partial charge on any atom is -0.497 e. The molecule has 0 saturated heterocycles. The molecule has 0 spiro atoms. The second-order valence-corrected chi connectivity index (χ2v) is 4.53. The summed E-state index contributed by atoms with van der Waals surface area (Å²) in [6.45, 7) is 0.886. The first-order chi connectivity index (χ1) is 7.85. The van der Waals surface area contributed by atoms with Gasteiger partial charge >= 0.3 is 0 Å². The molecule has 2 atom stereocenters. The summed E-state index contributed by atoms with van der Waals surface area (Å²) in [7, 11) is 3.50. The van der Waals surface area contributed by atoms with Crippen molar-refractivity contribution in [2.45, 2.75) is 25.2 Å². The van der Waals surface area contributed by atoms with Gasteiger partial charge in [0, 0.05) is 13.7 Å². The molecule has 0 unspecified atom stereocenters. The fourth-order valence-corrected chi connectivity index (χ4v) is 2.74. The normalized spacial score (nSPS) is 24.6. The van der Waals surface area contributed by atoms with E-state index < -0.39 is 0 Å². The highest BCUT2D eigenvalue weighted by molar-refractivity contribution is 5.30. The van der Waals surface area contributed by atoms with Crippen LogP contribution in [0.5, 0.6) is 5.75 Å². The Kier molecular flexibility index (Phi) is 3.83. The standard InChI is InChI=1S/C14H20O2/c1-15-10-12-4-3-5-14(12)11-6-8-13(16-2)9-7-11/h6-9,12,14H,3-5,10H2,1-2H3/t12-,14+/m1/s1. The van der Waals surface area contributed by atoms with E-state index in [0.717, 1.165) is 12.4 Å². The third-order valence-corrected chi connectivity index (χ3v) is 3.58. The number of benzene rings is 1. The van der Waals surface area contributed by atoms with Crippen molar-refractivity contribution in [3.8, 4) is 5.75 Å². The zero-order valence-electron chi connectivity index (χ0n) is 10.1. The molecule has 2 rings (SSSR count). The van der Waals surface area contributed by atoms with Gasteiger partial charge in [0.05, 0.1) is 7.11 Å². The third-order valence-electron chi connectivity index (χ3n) is 3.58. The highest BCUT2D eigenvalue weighted by atomic mass is 16.5. The number of hydrogen-bond acceptors (Lipinski definition) is 2. The second kappa shape index (κ2) is 5.35. The molecule has 1 fully saturated rings. The maximum absolute atomic E-state index is 5.30. The van der Waals surface area contributed by atoms with Crippen LogP contribution in [0.1, 0.15) is 30.7 Å². The van der Waals surface area contributed by atoms with E-state index in [2.05, 4.69) is 24.3 Å². The Morgan fingerprint density at radius 2 is 1.88 bits per heavy atom. The minimum absolute atomic E-state index is 0.672. The average molecular weight is 220 g/mol. The lowest BCUT2D eigenvalue weighted by Gasteiger charge is -2.19. The van der Waals surface area contributed by atoms with Crippen LogP contribution in [0, 0.1) is 5.92 Å². The molecule has 0 amide bonds. The van der Waals surface area contributed by atoms with Crippen LogP contribution in [0.2, 0.25) is 0 Å². The summed E-state index contributed by atoms with van der Waals surface area (Å²) in [5.74, 6) is 2.30. The lowest BCUT2D eigenvalue weighted by molar-refractivity contribution is 0.147. The van der Waals surface area contributed by atoms with E-state index in [0.29, 0.717) is 11.8 Å². The quantitative estimate of drug-likeness (QED) is 0.775. The molecule has 0 aliphatic heterocycles. The molecule has 1 saturated carbocycles. The molecule has 1 aromatic rings. The fraction of sp³-hybridized carbons (Fsp3) is 0.571. The summed E-state index contributed by atoms with van der Waals surface area (Å²) in [6.07, 6.45) is 3.91. The van der Waals surface area contributed by atoms with Crippen molar-refractivity contribution in [2.24, 2.45) is 5.92 Å². The van der Waals surface area contributed by atoms with Crippen molar-refractivity contribution in [1.82, 2.24) is 0 Å². The van der Waals surface area contributed by atoms with E-state index in [4.69, 9.17) is 9.47 Å². The molecule has 2 heteroatoms. The van der Waals surface area contributed by atoms with Crippen molar-refractivity contribution in [3.05, 3.63) is 29.8 Å². The van der Waals surface area contributed by atoms with E-state index in [-0.39, 0.29) is 0 Å². The van der Waals surface area contributed by atoms with Gasteiger partial charge in [-0.05, 0) is 42.4 Å². The van der Waals surface area contributed by atoms with Gasteiger partial charge in [0.15, 0.2) is 0 Å². The highest BCUT2D eigenvalue weighted by Gasteiger charge is 2.28. The SMILES string of the molecule is COC[C@H]1CCC[C@H]1c1ccc(OC)cc1. The molecule has 1 aromatic carbocycles. The van der Waals surface area contributed by atoms with Gasteiger partial charge in [-0.3, -0.25) is 0 Å². The molecule has 1 aliphatic carbocycles. The van der Waals surface area contributed by atoms with E-state index in [1.807, 2.05) is 0 Å². The Labute approximate surface area is 97.6 Å². The predicted molar refractivity (Wildman–Crippen MR) is 65.0 cm³/mol. The fourth-order valence-electron chi connectivity index (χ4n) is 2.74. The van der Waals surface area contributed by atoms with Crippen molar-refractivity contribution in [3.63, 3.8) is 0 Å². The van der Waals surface area contributed by atoms with Gasteiger partial charge in [-0.1, -0.05) is 18.6 Å². The molecule has 0 heterocycles. The van der Waals surface area contributed by atoms with Crippen LogP contribution < -0.4 is 4.74 Å². The first kappa shape index (κ1) is 11.5. The van der Waals surface area contributed by atoms with Crippen LogP contribution in [0.4, 0.5) is 0 Å². The van der Waals surface area contributed by atoms with Crippen molar-refractivity contribution in [2.75, 3.05) is 20.8 Å². The van der Waals surface area contributed by atoms with Crippen LogP contribution in [-0.2, 0) is 4.74 Å². The number of rotatable bonds is 4. The first-order valence-electron chi connectivity index (χ1n) is 5.98. The van der Waals surface area contributed by atoms with Gasteiger partial charge in [-0.25, -0.2) is 0 Å². The molecule has 0 N–H and O–H groups in total. The smallest absolute Gasteiger partial charge is 0.118 e. The molecule has 0 radical (unpaired) electrons. The number of methoxy groups -OCH3 is 2. The molecule has 0 bridgehead atoms. The summed E-state index contributed by atoms with van der Waals surface area (Å²) in [4.78, 5) is 0. The van der Waals surface area contributed by atoms with E-state index >= 15 is 0 Å². The molecule has 2 nitrogen and oxygen atoms in total. The highest BCUT2D eigenvalue weighted by Crippen LogP contribution is 2.39. The van der Waals surface area contributed by atoms with E-state index in [1.165, 1.54) is 24.8 Å². The second-order valence-electron chi connectivity index (χ2n) is 4.53. The number of ether oxygens (including phenoxy) is 2. The van der Waals surface area contributed by atoms with E-state index in [9.17, 15) is 0 Å². The van der Waals surface area contributed by atoms with Gasteiger partial charge in [0.1, 0.15) is 5.75 Å². The largest absolute Gasteiger partial charge is 0.497 e. The maximum atomic E-state index is 5.30. The Balaban J connectivity index is 2.09. The monoisotopic (exact) mass is 220 g/mol. The number of hydrogen-bond donors (Lipinski definition) is 0. The van der Waals surface area contributed by atoms with Gasteiger partial charge < -0.3 is 9.47 Å². The van der Waals surface area contributed by atoms with E-state index in [1.54, 1.807) is 14.2 Å². The summed E-state index contributed by atoms with van der Waals surface area (Å²) < 4.78 is 10.5. The lowest BCUT2D eigenvalue weighted by Crippen LogP contribution is -2.12. The van der Waals surface area contributed by atoms with Crippen LogP contribution in [0.3, 0.4) is 0 Å². The lowest BCUT2D eigenvalue weighted by atomic mass is 9.89. The zero-order valence-corrected chi connectivity index (χ0v) is 10.1. The summed E-state index contributed by atoms with van der Waals surface area (Å²) in [5.41, 5.74) is 1.43. The first-order valence-corrected chi connectivity index (χ1v) is 5.98. The molecular weight excluding hydrogens is 200 g/mol. The summed E-state index contributed by atoms with van der Waals surface area (Å²) in [6, 6.07) is 8.49. The Hall–Kier alpha value is -1.02. The maximum Gasteiger partial charge on any atom is 0.118 e. The summed E-state index contributed by atoms with van der Waals surface area (Å²) >= 11 is 0.